The van der Waals surface area contributed by atoms with E-state index in [1.54, 1.807) is 18.5 Å². The van der Waals surface area contributed by atoms with Crippen molar-refractivity contribution in [2.24, 2.45) is 0 Å². The largest absolute Gasteiger partial charge is 0.309 e. The van der Waals surface area contributed by atoms with E-state index >= 15 is 0 Å². The lowest BCUT2D eigenvalue weighted by Gasteiger charge is -2.18. The topological polar surface area (TPSA) is 89.4 Å². The number of aromatic nitrogens is 6. The van der Waals surface area contributed by atoms with Crippen LogP contribution in [-0.2, 0) is 0 Å². The van der Waals surface area contributed by atoms with Crippen LogP contribution in [0.4, 0.5) is 0 Å². The second-order valence-corrected chi connectivity index (χ2v) is 9.63. The second-order valence-electron chi connectivity index (χ2n) is 8.33. The van der Waals surface area contributed by atoms with Crippen molar-refractivity contribution in [1.29, 1.82) is 0 Å². The van der Waals surface area contributed by atoms with Gasteiger partial charge in [0, 0.05) is 18.0 Å². The van der Waals surface area contributed by atoms with E-state index < -0.39 is 0 Å². The fourth-order valence-corrected chi connectivity index (χ4v) is 4.85. The molecule has 34 heavy (non-hydrogen) atoms. The minimum absolute atomic E-state index is 0.143. The van der Waals surface area contributed by atoms with Crippen LogP contribution in [0, 0.1) is 0 Å². The third kappa shape index (κ3) is 4.12. The fourth-order valence-electron chi connectivity index (χ4n) is 3.94. The van der Waals surface area contributed by atoms with E-state index in [1.165, 1.54) is 17.3 Å². The molecule has 7 nitrogen and oxygen atoms in total. The molecule has 0 fully saturated rings. The van der Waals surface area contributed by atoms with Crippen LogP contribution in [0.25, 0.3) is 28.0 Å². The predicted octanol–water partition coefficient (Wildman–Crippen LogP) is 5.54. The standard InChI is InChI=1S/C26H24N6OS/c1-16(2)19-10-5-7-13-22(19)32-24(18-9-8-14-27-15-18)30-31-26(32)34-17(3)23-28-21-12-6-4-11-20(21)25(33)29-23/h4-17H,1-3H3,(H,28,29,33). The first-order valence-electron chi connectivity index (χ1n) is 11.1. The predicted molar refractivity (Wildman–Crippen MR) is 135 cm³/mol. The smallest absolute Gasteiger partial charge is 0.258 e. The molecule has 5 aromatic rings. The van der Waals surface area contributed by atoms with Crippen LogP contribution in [0.15, 0.2) is 83.0 Å². The van der Waals surface area contributed by atoms with E-state index in [1.807, 2.05) is 49.4 Å². The first kappa shape index (κ1) is 22.0. The van der Waals surface area contributed by atoms with Gasteiger partial charge in [0.15, 0.2) is 11.0 Å². The van der Waals surface area contributed by atoms with Crippen LogP contribution >= 0.6 is 11.8 Å². The first-order valence-corrected chi connectivity index (χ1v) is 12.0. The molecule has 0 bridgehead atoms. The van der Waals surface area contributed by atoms with Crippen LogP contribution in [0.2, 0.25) is 0 Å². The quantitative estimate of drug-likeness (QED) is 0.329. The lowest BCUT2D eigenvalue weighted by Crippen LogP contribution is -2.13. The van der Waals surface area contributed by atoms with E-state index in [9.17, 15) is 4.79 Å². The Morgan fingerprint density at radius 2 is 1.74 bits per heavy atom. The molecule has 1 atom stereocenters. The van der Waals surface area contributed by atoms with Gasteiger partial charge in [0.25, 0.3) is 5.56 Å². The third-order valence-corrected chi connectivity index (χ3v) is 6.70. The number of hydrogen-bond donors (Lipinski definition) is 1. The van der Waals surface area contributed by atoms with E-state index in [0.717, 1.165) is 22.2 Å². The van der Waals surface area contributed by atoms with Gasteiger partial charge in [-0.3, -0.25) is 14.3 Å². The Balaban J connectivity index is 1.62. The molecule has 0 aliphatic carbocycles. The summed E-state index contributed by atoms with van der Waals surface area (Å²) in [7, 11) is 0. The molecule has 0 amide bonds. The molecule has 0 radical (unpaired) electrons. The number of aromatic amines is 1. The Labute approximate surface area is 201 Å². The summed E-state index contributed by atoms with van der Waals surface area (Å²) >= 11 is 1.51. The van der Waals surface area contributed by atoms with Crippen molar-refractivity contribution in [3.8, 4) is 17.1 Å². The Kier molecular flexibility index (Phi) is 5.98. The monoisotopic (exact) mass is 468 g/mol. The lowest BCUT2D eigenvalue weighted by atomic mass is 10.0. The van der Waals surface area contributed by atoms with E-state index in [0.29, 0.717) is 22.6 Å². The van der Waals surface area contributed by atoms with Gasteiger partial charge >= 0.3 is 0 Å². The molecular weight excluding hydrogens is 444 g/mol. The number of nitrogens with one attached hydrogen (secondary N) is 1. The van der Waals surface area contributed by atoms with E-state index in [2.05, 4.69) is 50.7 Å². The molecule has 3 heterocycles. The van der Waals surface area contributed by atoms with Gasteiger partial charge < -0.3 is 4.98 Å². The number of para-hydroxylation sites is 2. The minimum atomic E-state index is -0.159. The highest BCUT2D eigenvalue weighted by Gasteiger charge is 2.22. The summed E-state index contributed by atoms with van der Waals surface area (Å²) in [5.74, 6) is 1.63. The Hall–Kier alpha value is -3.78. The molecule has 0 saturated carbocycles. The molecule has 5 rings (SSSR count). The SMILES string of the molecule is CC(C)c1ccccc1-n1c(SC(C)c2nc3ccccc3c(=O)[nH]2)nnc1-c1cccnc1. The van der Waals surface area contributed by atoms with Gasteiger partial charge in [-0.05, 0) is 48.7 Å². The van der Waals surface area contributed by atoms with Crippen molar-refractivity contribution in [1.82, 2.24) is 29.7 Å². The van der Waals surface area contributed by atoms with Gasteiger partial charge in [-0.15, -0.1) is 10.2 Å². The molecule has 1 N–H and O–H groups in total. The highest BCUT2D eigenvalue weighted by Crippen LogP contribution is 2.37. The Morgan fingerprint density at radius 1 is 0.941 bits per heavy atom. The van der Waals surface area contributed by atoms with Gasteiger partial charge in [0.05, 0.1) is 21.8 Å². The van der Waals surface area contributed by atoms with Crippen LogP contribution in [0.1, 0.15) is 43.3 Å². The number of nitrogens with zero attached hydrogens (tertiary/aromatic N) is 5. The Morgan fingerprint density at radius 3 is 2.53 bits per heavy atom. The average Bonchev–Trinajstić information content (AvgIpc) is 3.27. The summed E-state index contributed by atoms with van der Waals surface area (Å²) < 4.78 is 2.08. The maximum atomic E-state index is 12.6. The summed E-state index contributed by atoms with van der Waals surface area (Å²) in [6.45, 7) is 6.35. The number of pyridine rings is 1. The van der Waals surface area contributed by atoms with Gasteiger partial charge in [0.1, 0.15) is 5.82 Å². The molecule has 170 valence electrons. The van der Waals surface area contributed by atoms with Crippen molar-refractivity contribution in [2.75, 3.05) is 0 Å². The molecule has 8 heteroatoms. The maximum absolute atomic E-state index is 12.6. The van der Waals surface area contributed by atoms with Gasteiger partial charge in [0.2, 0.25) is 0 Å². The number of hydrogen-bond acceptors (Lipinski definition) is 6. The summed E-state index contributed by atoms with van der Waals surface area (Å²) in [4.78, 5) is 24.5. The van der Waals surface area contributed by atoms with Crippen molar-refractivity contribution >= 4 is 22.7 Å². The van der Waals surface area contributed by atoms with Crippen LogP contribution in [0.3, 0.4) is 0 Å². The fraction of sp³-hybridized carbons (Fsp3) is 0.192. The van der Waals surface area contributed by atoms with Crippen LogP contribution in [-0.4, -0.2) is 29.7 Å². The summed E-state index contributed by atoms with van der Waals surface area (Å²) in [6.07, 6.45) is 3.53. The van der Waals surface area contributed by atoms with Crippen molar-refractivity contribution in [3.63, 3.8) is 0 Å². The van der Waals surface area contributed by atoms with Crippen molar-refractivity contribution < 1.29 is 0 Å². The van der Waals surface area contributed by atoms with Gasteiger partial charge in [-0.1, -0.05) is 55.9 Å². The van der Waals surface area contributed by atoms with Gasteiger partial charge in [-0.25, -0.2) is 4.98 Å². The van der Waals surface area contributed by atoms with Gasteiger partial charge in [-0.2, -0.15) is 0 Å². The lowest BCUT2D eigenvalue weighted by molar-refractivity contribution is 0.814. The molecule has 0 aliphatic rings. The number of thioether (sulfide) groups is 1. The normalized spacial score (nSPS) is 12.4. The number of benzene rings is 2. The Bertz CT molecular complexity index is 1510. The zero-order chi connectivity index (χ0) is 23.7. The number of rotatable bonds is 6. The van der Waals surface area contributed by atoms with Crippen LogP contribution in [0.5, 0.6) is 0 Å². The van der Waals surface area contributed by atoms with Crippen LogP contribution < -0.4 is 5.56 Å². The molecule has 0 aliphatic heterocycles. The molecule has 0 saturated heterocycles. The number of fused-ring (bicyclic) bond motifs is 1. The molecule has 0 spiro atoms. The molecular formula is C26H24N6OS. The minimum Gasteiger partial charge on any atom is -0.309 e. The van der Waals surface area contributed by atoms with E-state index in [4.69, 9.17) is 4.98 Å². The average molecular weight is 469 g/mol. The second kappa shape index (κ2) is 9.23. The summed E-state index contributed by atoms with van der Waals surface area (Å²) in [5.41, 5.74) is 3.63. The molecule has 2 aromatic carbocycles. The molecule has 3 aromatic heterocycles. The summed E-state index contributed by atoms with van der Waals surface area (Å²) in [5, 5.41) is 10.2. The van der Waals surface area contributed by atoms with Crippen molar-refractivity contribution in [3.05, 3.63) is 94.8 Å². The zero-order valence-electron chi connectivity index (χ0n) is 19.1. The van der Waals surface area contributed by atoms with Crippen molar-refractivity contribution in [2.45, 2.75) is 37.1 Å². The zero-order valence-corrected chi connectivity index (χ0v) is 20.0. The maximum Gasteiger partial charge on any atom is 0.258 e. The highest BCUT2D eigenvalue weighted by molar-refractivity contribution is 7.99. The van der Waals surface area contributed by atoms with E-state index in [-0.39, 0.29) is 10.8 Å². The molecule has 1 unspecified atom stereocenters. The third-order valence-electron chi connectivity index (χ3n) is 5.65. The number of H-pyrrole nitrogens is 1. The first-order chi connectivity index (χ1) is 16.5. The summed E-state index contributed by atoms with van der Waals surface area (Å²) in [6, 6.07) is 19.5. The highest BCUT2D eigenvalue weighted by atomic mass is 32.2.